The molecule has 10 rings (SSSR count). The molecular formula is C50H34N4. The van der Waals surface area contributed by atoms with Gasteiger partial charge in [-0.05, 0) is 83.9 Å². The van der Waals surface area contributed by atoms with Gasteiger partial charge in [-0.25, -0.2) is 9.97 Å². The van der Waals surface area contributed by atoms with E-state index in [-0.39, 0.29) is 0 Å². The number of hydrogen-bond acceptors (Lipinski definition) is 3. The van der Waals surface area contributed by atoms with Gasteiger partial charge in [-0.2, -0.15) is 0 Å². The summed E-state index contributed by atoms with van der Waals surface area (Å²) in [4.78, 5) is 12.5. The molecule has 0 saturated heterocycles. The van der Waals surface area contributed by atoms with E-state index in [1.807, 2.05) is 42.5 Å². The lowest BCUT2D eigenvalue weighted by molar-refractivity contribution is 1.18. The van der Waals surface area contributed by atoms with Crippen LogP contribution in [0.25, 0.3) is 72.2 Å². The summed E-state index contributed by atoms with van der Waals surface area (Å²) in [7, 11) is 0. The van der Waals surface area contributed by atoms with E-state index in [0.717, 1.165) is 67.4 Å². The van der Waals surface area contributed by atoms with Crippen LogP contribution in [0.3, 0.4) is 0 Å². The first kappa shape index (κ1) is 31.4. The zero-order chi connectivity index (χ0) is 35.8. The molecule has 0 aliphatic carbocycles. The molecule has 0 amide bonds. The lowest BCUT2D eigenvalue weighted by Gasteiger charge is -2.26. The summed E-state index contributed by atoms with van der Waals surface area (Å²) in [6.07, 6.45) is 0. The number of fused-ring (bicyclic) bond motifs is 4. The Bertz CT molecular complexity index is 2900. The fourth-order valence-electron chi connectivity index (χ4n) is 7.60. The second kappa shape index (κ2) is 13.4. The molecule has 0 saturated carbocycles. The van der Waals surface area contributed by atoms with Crippen LogP contribution in [0.15, 0.2) is 206 Å². The SMILES string of the molecule is c1ccc(-c2nc3ccccc3nc2-c2ccc(-c3ccc(N(c4ccccc4)c4ccc5c(c4)c4ccccc4n5-c4ccccc4)cc3)cc2)cc1. The van der Waals surface area contributed by atoms with Crippen LogP contribution in [-0.2, 0) is 0 Å². The number of benzene rings is 8. The highest BCUT2D eigenvalue weighted by Crippen LogP contribution is 2.40. The van der Waals surface area contributed by atoms with Gasteiger partial charge >= 0.3 is 0 Å². The minimum atomic E-state index is 0.879. The van der Waals surface area contributed by atoms with Crippen LogP contribution in [0.5, 0.6) is 0 Å². The van der Waals surface area contributed by atoms with E-state index in [9.17, 15) is 0 Å². The molecule has 0 bridgehead atoms. The van der Waals surface area contributed by atoms with E-state index in [2.05, 4.69) is 173 Å². The van der Waals surface area contributed by atoms with E-state index in [0.29, 0.717) is 0 Å². The van der Waals surface area contributed by atoms with E-state index in [1.165, 1.54) is 21.8 Å². The normalized spacial score (nSPS) is 11.3. The minimum Gasteiger partial charge on any atom is -0.310 e. The van der Waals surface area contributed by atoms with Crippen molar-refractivity contribution in [3.05, 3.63) is 206 Å². The van der Waals surface area contributed by atoms with E-state index < -0.39 is 0 Å². The summed E-state index contributed by atoms with van der Waals surface area (Å²) in [6.45, 7) is 0. The Labute approximate surface area is 313 Å². The average Bonchev–Trinajstić information content (AvgIpc) is 3.58. The summed E-state index contributed by atoms with van der Waals surface area (Å²) >= 11 is 0. The molecule has 0 aliphatic rings. The molecule has 54 heavy (non-hydrogen) atoms. The van der Waals surface area contributed by atoms with Crippen LogP contribution < -0.4 is 4.90 Å². The van der Waals surface area contributed by atoms with E-state index in [4.69, 9.17) is 9.97 Å². The molecule has 0 aliphatic heterocycles. The van der Waals surface area contributed by atoms with Crippen molar-refractivity contribution in [2.45, 2.75) is 0 Å². The van der Waals surface area contributed by atoms with Crippen LogP contribution in [0.1, 0.15) is 0 Å². The summed E-state index contributed by atoms with van der Waals surface area (Å²) in [5, 5.41) is 2.45. The molecule has 0 atom stereocenters. The predicted octanol–water partition coefficient (Wildman–Crippen LogP) is 13.2. The van der Waals surface area contributed by atoms with Crippen LogP contribution in [0, 0.1) is 0 Å². The number of anilines is 3. The summed E-state index contributed by atoms with van der Waals surface area (Å²) in [6, 6.07) is 72.6. The Morgan fingerprint density at radius 3 is 1.46 bits per heavy atom. The third-order valence-electron chi connectivity index (χ3n) is 10.2. The van der Waals surface area contributed by atoms with Crippen LogP contribution in [0.2, 0.25) is 0 Å². The lowest BCUT2D eigenvalue weighted by Crippen LogP contribution is -2.09. The fraction of sp³-hybridized carbons (Fsp3) is 0. The molecule has 0 radical (unpaired) electrons. The standard InChI is InChI=1S/C50H34N4/c1-4-14-37(15-5-1)49-50(52-46-22-12-11-21-45(46)51-49)38-26-24-35(25-27-38)36-28-30-41(31-29-36)53(39-16-6-2-7-17-39)42-32-33-48-44(34-42)43-20-10-13-23-47(43)54(48)40-18-8-3-9-19-40/h1-34H. The van der Waals surface area contributed by atoms with Crippen molar-refractivity contribution in [2.24, 2.45) is 0 Å². The smallest absolute Gasteiger partial charge is 0.0973 e. The quantitative estimate of drug-likeness (QED) is 0.167. The molecule has 0 fully saturated rings. The van der Waals surface area contributed by atoms with Gasteiger partial charge in [0.1, 0.15) is 0 Å². The molecule has 2 aromatic heterocycles. The van der Waals surface area contributed by atoms with Crippen molar-refractivity contribution in [1.29, 1.82) is 0 Å². The molecule has 4 heteroatoms. The highest BCUT2D eigenvalue weighted by Gasteiger charge is 2.18. The van der Waals surface area contributed by atoms with E-state index >= 15 is 0 Å². The van der Waals surface area contributed by atoms with Gasteiger partial charge in [-0.15, -0.1) is 0 Å². The summed E-state index contributed by atoms with van der Waals surface area (Å²) in [5.74, 6) is 0. The Kier molecular flexibility index (Phi) is 7.77. The van der Waals surface area contributed by atoms with Gasteiger partial charge in [0.05, 0.1) is 33.5 Å². The molecule has 0 N–H and O–H groups in total. The zero-order valence-electron chi connectivity index (χ0n) is 29.4. The first-order valence-electron chi connectivity index (χ1n) is 18.3. The molecule has 254 valence electrons. The van der Waals surface area contributed by atoms with Gasteiger partial charge in [-0.3, -0.25) is 0 Å². The number of nitrogens with zero attached hydrogens (tertiary/aromatic N) is 4. The third-order valence-corrected chi connectivity index (χ3v) is 10.2. The molecule has 2 heterocycles. The highest BCUT2D eigenvalue weighted by atomic mass is 15.1. The van der Waals surface area contributed by atoms with Crippen molar-refractivity contribution < 1.29 is 0 Å². The Morgan fingerprint density at radius 2 is 0.796 bits per heavy atom. The maximum atomic E-state index is 5.10. The number of hydrogen-bond donors (Lipinski definition) is 0. The summed E-state index contributed by atoms with van der Waals surface area (Å²) in [5.41, 5.74) is 14.7. The number of rotatable bonds is 7. The lowest BCUT2D eigenvalue weighted by atomic mass is 9.99. The van der Waals surface area contributed by atoms with Crippen LogP contribution >= 0.6 is 0 Å². The highest BCUT2D eigenvalue weighted by molar-refractivity contribution is 6.10. The molecule has 4 nitrogen and oxygen atoms in total. The first-order valence-corrected chi connectivity index (χ1v) is 18.3. The average molecular weight is 691 g/mol. The van der Waals surface area contributed by atoms with Crippen molar-refractivity contribution in [3.8, 4) is 39.3 Å². The van der Waals surface area contributed by atoms with Gasteiger partial charge in [0.15, 0.2) is 0 Å². The first-order chi connectivity index (χ1) is 26.8. The Morgan fingerprint density at radius 1 is 0.333 bits per heavy atom. The second-order valence-electron chi connectivity index (χ2n) is 13.5. The van der Waals surface area contributed by atoms with Gasteiger partial charge in [0.25, 0.3) is 0 Å². The van der Waals surface area contributed by atoms with Crippen molar-refractivity contribution in [1.82, 2.24) is 14.5 Å². The number of para-hydroxylation sites is 5. The largest absolute Gasteiger partial charge is 0.310 e. The monoisotopic (exact) mass is 690 g/mol. The Hall–Kier alpha value is -7.30. The van der Waals surface area contributed by atoms with Gasteiger partial charge < -0.3 is 9.47 Å². The molecule has 10 aromatic rings. The minimum absolute atomic E-state index is 0.879. The van der Waals surface area contributed by atoms with Crippen LogP contribution in [-0.4, -0.2) is 14.5 Å². The van der Waals surface area contributed by atoms with Crippen molar-refractivity contribution >= 4 is 49.9 Å². The Balaban J connectivity index is 1.02. The molecule has 0 spiro atoms. The van der Waals surface area contributed by atoms with Gasteiger partial charge in [0.2, 0.25) is 0 Å². The molecular weight excluding hydrogens is 657 g/mol. The van der Waals surface area contributed by atoms with Crippen molar-refractivity contribution in [3.63, 3.8) is 0 Å². The molecule has 8 aromatic carbocycles. The fourth-order valence-corrected chi connectivity index (χ4v) is 7.60. The second-order valence-corrected chi connectivity index (χ2v) is 13.5. The maximum absolute atomic E-state index is 5.10. The number of aromatic nitrogens is 3. The zero-order valence-corrected chi connectivity index (χ0v) is 29.4. The van der Waals surface area contributed by atoms with Crippen LogP contribution in [0.4, 0.5) is 17.1 Å². The van der Waals surface area contributed by atoms with Gasteiger partial charge in [0, 0.05) is 44.6 Å². The predicted molar refractivity (Wildman–Crippen MR) is 225 cm³/mol. The molecule has 0 unspecified atom stereocenters. The third kappa shape index (κ3) is 5.58. The van der Waals surface area contributed by atoms with Crippen molar-refractivity contribution in [2.75, 3.05) is 4.90 Å². The summed E-state index contributed by atoms with van der Waals surface area (Å²) < 4.78 is 2.36. The van der Waals surface area contributed by atoms with E-state index in [1.54, 1.807) is 0 Å². The topological polar surface area (TPSA) is 34.0 Å². The van der Waals surface area contributed by atoms with Gasteiger partial charge in [-0.1, -0.05) is 133 Å². The maximum Gasteiger partial charge on any atom is 0.0973 e.